The summed E-state index contributed by atoms with van der Waals surface area (Å²) in [4.78, 5) is 14.2. The molecular weight excluding hydrogens is 261 g/mol. The number of nitrogen functional groups attached to an aromatic ring is 1. The molecule has 0 aliphatic heterocycles. The van der Waals surface area contributed by atoms with E-state index in [1.165, 1.54) is 0 Å². The lowest BCUT2D eigenvalue weighted by atomic mass is 10.4. The lowest BCUT2D eigenvalue weighted by molar-refractivity contribution is -0.119. The third kappa shape index (κ3) is 4.76. The Labute approximate surface area is 109 Å². The van der Waals surface area contributed by atoms with Crippen molar-refractivity contribution < 1.29 is 13.2 Å². The van der Waals surface area contributed by atoms with Gasteiger partial charge >= 0.3 is 6.18 Å². The Morgan fingerprint density at radius 3 is 2.16 bits per heavy atom. The minimum absolute atomic E-state index is 0.0598. The van der Waals surface area contributed by atoms with Crippen molar-refractivity contribution in [2.45, 2.75) is 19.5 Å². The molecule has 1 aromatic rings. The quantitative estimate of drug-likeness (QED) is 0.875. The number of nitrogens with two attached hydrogens (primary N) is 1. The number of hydrogen-bond donors (Lipinski definition) is 1. The lowest BCUT2D eigenvalue weighted by Gasteiger charge is -2.24. The van der Waals surface area contributed by atoms with E-state index in [0.717, 1.165) is 4.90 Å². The summed E-state index contributed by atoms with van der Waals surface area (Å²) >= 11 is 0. The van der Waals surface area contributed by atoms with E-state index in [1.807, 2.05) is 0 Å². The fraction of sp³-hybridized carbons (Fsp3) is 0.700. The number of rotatable bonds is 5. The van der Waals surface area contributed by atoms with Gasteiger partial charge in [0.15, 0.2) is 0 Å². The van der Waals surface area contributed by atoms with Crippen LogP contribution in [0.2, 0.25) is 0 Å². The van der Waals surface area contributed by atoms with Gasteiger partial charge < -0.3 is 15.5 Å². The average Bonchev–Trinajstić information content (AvgIpc) is 2.25. The summed E-state index contributed by atoms with van der Waals surface area (Å²) in [7, 11) is 3.35. The highest BCUT2D eigenvalue weighted by atomic mass is 19.4. The van der Waals surface area contributed by atoms with Crippen LogP contribution in [0.15, 0.2) is 0 Å². The summed E-state index contributed by atoms with van der Waals surface area (Å²) in [6.45, 7) is 0.855. The fourth-order valence-electron chi connectivity index (χ4n) is 1.45. The maximum Gasteiger partial charge on any atom is 0.406 e. The van der Waals surface area contributed by atoms with Gasteiger partial charge in [0.2, 0.25) is 17.8 Å². The van der Waals surface area contributed by atoms with Crippen molar-refractivity contribution in [3.8, 4) is 0 Å². The SMILES string of the molecule is CCCN(CC(F)(F)F)c1nc(N)nc(N(C)C)n1. The standard InChI is InChI=1S/C10H17F3N6/c1-4-5-19(6-10(11,12)13)9-16-7(14)15-8(17-9)18(2)3/h4-6H2,1-3H3,(H2,14,15,16,17). The van der Waals surface area contributed by atoms with Crippen molar-refractivity contribution in [3.63, 3.8) is 0 Å². The van der Waals surface area contributed by atoms with Gasteiger partial charge in [-0.05, 0) is 6.42 Å². The molecule has 0 radical (unpaired) electrons. The van der Waals surface area contributed by atoms with E-state index < -0.39 is 12.7 Å². The number of hydrogen-bond acceptors (Lipinski definition) is 6. The fourth-order valence-corrected chi connectivity index (χ4v) is 1.45. The van der Waals surface area contributed by atoms with Gasteiger partial charge in [-0.2, -0.15) is 28.1 Å². The second-order valence-corrected chi connectivity index (χ2v) is 4.22. The smallest absolute Gasteiger partial charge is 0.368 e. The predicted molar refractivity (Wildman–Crippen MR) is 67.1 cm³/mol. The average molecular weight is 278 g/mol. The zero-order valence-corrected chi connectivity index (χ0v) is 11.1. The topological polar surface area (TPSA) is 71.2 Å². The normalized spacial score (nSPS) is 11.5. The molecule has 0 aliphatic carbocycles. The Morgan fingerprint density at radius 2 is 1.68 bits per heavy atom. The second kappa shape index (κ2) is 5.89. The zero-order valence-electron chi connectivity index (χ0n) is 11.1. The number of nitrogens with zero attached hydrogens (tertiary/aromatic N) is 5. The molecule has 0 amide bonds. The first-order valence-electron chi connectivity index (χ1n) is 5.73. The van der Waals surface area contributed by atoms with Gasteiger partial charge in [0.05, 0.1) is 0 Å². The summed E-state index contributed by atoms with van der Waals surface area (Å²) in [5.74, 6) is 0.0677. The monoisotopic (exact) mass is 278 g/mol. The van der Waals surface area contributed by atoms with Crippen molar-refractivity contribution in [3.05, 3.63) is 0 Å². The molecule has 1 rings (SSSR count). The molecule has 6 nitrogen and oxygen atoms in total. The molecular formula is C10H17F3N6. The molecule has 0 saturated carbocycles. The number of anilines is 3. The van der Waals surface area contributed by atoms with E-state index in [4.69, 9.17) is 5.73 Å². The molecule has 9 heteroatoms. The Balaban J connectivity index is 3.07. The highest BCUT2D eigenvalue weighted by Crippen LogP contribution is 2.21. The van der Waals surface area contributed by atoms with Crippen LogP contribution in [0.5, 0.6) is 0 Å². The number of alkyl halides is 3. The van der Waals surface area contributed by atoms with E-state index in [0.29, 0.717) is 6.42 Å². The van der Waals surface area contributed by atoms with Crippen LogP contribution in [0.25, 0.3) is 0 Å². The summed E-state index contributed by atoms with van der Waals surface area (Å²) < 4.78 is 37.6. The number of aromatic nitrogens is 3. The van der Waals surface area contributed by atoms with Gasteiger partial charge in [-0.1, -0.05) is 6.92 Å². The molecule has 0 fully saturated rings. The van der Waals surface area contributed by atoms with Crippen molar-refractivity contribution in [2.75, 3.05) is 42.7 Å². The molecule has 108 valence electrons. The summed E-state index contributed by atoms with van der Waals surface area (Å²) in [5, 5.41) is 0. The minimum Gasteiger partial charge on any atom is -0.368 e. The maximum absolute atomic E-state index is 12.5. The van der Waals surface area contributed by atoms with Crippen molar-refractivity contribution >= 4 is 17.8 Å². The summed E-state index contributed by atoms with van der Waals surface area (Å²) in [6, 6.07) is 0. The van der Waals surface area contributed by atoms with E-state index >= 15 is 0 Å². The molecule has 0 aliphatic rings. The van der Waals surface area contributed by atoms with Gasteiger partial charge in [0.1, 0.15) is 6.54 Å². The van der Waals surface area contributed by atoms with Crippen LogP contribution >= 0.6 is 0 Å². The van der Waals surface area contributed by atoms with Gasteiger partial charge in [-0.15, -0.1) is 0 Å². The Kier molecular flexibility index (Phi) is 4.73. The van der Waals surface area contributed by atoms with Crippen molar-refractivity contribution in [1.82, 2.24) is 15.0 Å². The van der Waals surface area contributed by atoms with Crippen LogP contribution in [-0.2, 0) is 0 Å². The van der Waals surface area contributed by atoms with Crippen LogP contribution in [0.3, 0.4) is 0 Å². The molecule has 0 spiro atoms. The first-order valence-corrected chi connectivity index (χ1v) is 5.73. The highest BCUT2D eigenvalue weighted by molar-refractivity contribution is 5.42. The van der Waals surface area contributed by atoms with Crippen LogP contribution in [0.1, 0.15) is 13.3 Å². The van der Waals surface area contributed by atoms with Crippen molar-refractivity contribution in [1.29, 1.82) is 0 Å². The zero-order chi connectivity index (χ0) is 14.6. The number of halogens is 3. The molecule has 1 aromatic heterocycles. The Morgan fingerprint density at radius 1 is 1.11 bits per heavy atom. The van der Waals surface area contributed by atoms with E-state index in [2.05, 4.69) is 15.0 Å². The van der Waals surface area contributed by atoms with Crippen molar-refractivity contribution in [2.24, 2.45) is 0 Å². The van der Waals surface area contributed by atoms with Crippen LogP contribution < -0.4 is 15.5 Å². The lowest BCUT2D eigenvalue weighted by Crippen LogP contribution is -2.36. The second-order valence-electron chi connectivity index (χ2n) is 4.22. The predicted octanol–water partition coefficient (Wildman–Crippen LogP) is 1.30. The molecule has 0 aromatic carbocycles. The summed E-state index contributed by atoms with van der Waals surface area (Å²) in [6.07, 6.45) is -3.78. The maximum atomic E-state index is 12.5. The highest BCUT2D eigenvalue weighted by Gasteiger charge is 2.32. The minimum atomic E-state index is -4.32. The molecule has 0 unspecified atom stereocenters. The van der Waals surface area contributed by atoms with Gasteiger partial charge in [-0.3, -0.25) is 0 Å². The molecule has 0 saturated heterocycles. The first-order chi connectivity index (χ1) is 8.73. The molecule has 19 heavy (non-hydrogen) atoms. The van der Waals surface area contributed by atoms with Gasteiger partial charge in [0, 0.05) is 20.6 Å². The largest absolute Gasteiger partial charge is 0.406 e. The molecule has 0 atom stereocenters. The van der Waals surface area contributed by atoms with E-state index in [-0.39, 0.29) is 24.4 Å². The van der Waals surface area contributed by atoms with Gasteiger partial charge in [-0.25, -0.2) is 0 Å². The van der Waals surface area contributed by atoms with Crippen LogP contribution in [0, 0.1) is 0 Å². The van der Waals surface area contributed by atoms with Crippen LogP contribution in [0.4, 0.5) is 31.0 Å². The molecule has 1 heterocycles. The molecule has 2 N–H and O–H groups in total. The first kappa shape index (κ1) is 15.3. The van der Waals surface area contributed by atoms with Gasteiger partial charge in [0.25, 0.3) is 0 Å². The third-order valence-corrected chi connectivity index (χ3v) is 2.18. The Hall–Kier alpha value is -1.80. The van der Waals surface area contributed by atoms with E-state index in [1.54, 1.807) is 25.9 Å². The Bertz CT molecular complexity index is 420. The third-order valence-electron chi connectivity index (χ3n) is 2.18. The van der Waals surface area contributed by atoms with Crippen LogP contribution in [-0.4, -0.2) is 48.3 Å². The summed E-state index contributed by atoms with van der Waals surface area (Å²) in [5.41, 5.74) is 5.50. The van der Waals surface area contributed by atoms with E-state index in [9.17, 15) is 13.2 Å². The molecule has 0 bridgehead atoms.